The standard InChI is InChI=1S/C22H18N4O2S2/c1-25-17-12-13(28-3)9-10-18(17)29-21(25)19-20(27)26(2)22(30-19)24-16-8-4-7-15-14(16)6-5-11-23-15/h4-12H,1-3H3. The Balaban J connectivity index is 1.54. The highest BCUT2D eigenvalue weighted by atomic mass is 32.2. The van der Waals surface area contributed by atoms with Crippen LogP contribution >= 0.6 is 23.5 Å². The van der Waals surface area contributed by atoms with E-state index in [-0.39, 0.29) is 5.91 Å². The van der Waals surface area contributed by atoms with Gasteiger partial charge < -0.3 is 9.64 Å². The van der Waals surface area contributed by atoms with Crippen LogP contribution in [0.25, 0.3) is 10.9 Å². The molecule has 1 fully saturated rings. The van der Waals surface area contributed by atoms with Gasteiger partial charge in [0, 0.05) is 36.6 Å². The molecule has 3 aromatic rings. The van der Waals surface area contributed by atoms with Gasteiger partial charge in [0.05, 0.1) is 29.0 Å². The van der Waals surface area contributed by atoms with Crippen molar-refractivity contribution < 1.29 is 9.53 Å². The van der Waals surface area contributed by atoms with E-state index in [9.17, 15) is 4.79 Å². The molecular weight excluding hydrogens is 416 g/mol. The van der Waals surface area contributed by atoms with Crippen molar-refractivity contribution in [2.24, 2.45) is 4.99 Å². The van der Waals surface area contributed by atoms with E-state index in [1.54, 1.807) is 37.0 Å². The number of carbonyl (C=O) groups is 1. The maximum absolute atomic E-state index is 13.1. The lowest BCUT2D eigenvalue weighted by atomic mass is 10.2. The number of ether oxygens (including phenoxy) is 1. The highest BCUT2D eigenvalue weighted by Crippen LogP contribution is 2.50. The van der Waals surface area contributed by atoms with E-state index in [2.05, 4.69) is 4.98 Å². The summed E-state index contributed by atoms with van der Waals surface area (Å²) in [6.45, 7) is 0. The predicted octanol–water partition coefficient (Wildman–Crippen LogP) is 4.85. The van der Waals surface area contributed by atoms with Crippen LogP contribution in [-0.4, -0.2) is 42.2 Å². The van der Waals surface area contributed by atoms with Gasteiger partial charge in [-0.25, -0.2) is 4.99 Å². The van der Waals surface area contributed by atoms with Crippen molar-refractivity contribution in [2.75, 3.05) is 26.1 Å². The molecule has 0 bridgehead atoms. The van der Waals surface area contributed by atoms with Crippen LogP contribution in [0, 0.1) is 0 Å². The molecule has 1 amide bonds. The number of fused-ring (bicyclic) bond motifs is 2. The molecule has 0 spiro atoms. The highest BCUT2D eigenvalue weighted by Gasteiger charge is 2.37. The first kappa shape index (κ1) is 19.0. The van der Waals surface area contributed by atoms with Crippen LogP contribution in [-0.2, 0) is 4.79 Å². The number of rotatable bonds is 2. The Morgan fingerprint density at radius 2 is 1.90 bits per heavy atom. The summed E-state index contributed by atoms with van der Waals surface area (Å²) in [5.41, 5.74) is 2.71. The monoisotopic (exact) mass is 434 g/mol. The van der Waals surface area contributed by atoms with Crippen molar-refractivity contribution in [2.45, 2.75) is 4.90 Å². The minimum absolute atomic E-state index is 0.0498. The third-order valence-electron chi connectivity index (χ3n) is 5.05. The zero-order chi connectivity index (χ0) is 20.8. The number of methoxy groups -OCH3 is 1. The Morgan fingerprint density at radius 1 is 1.03 bits per heavy atom. The van der Waals surface area contributed by atoms with Crippen molar-refractivity contribution in [3.05, 3.63) is 64.7 Å². The second-order valence-corrected chi connectivity index (χ2v) is 8.85. The van der Waals surface area contributed by atoms with Crippen molar-refractivity contribution in [1.29, 1.82) is 0 Å². The molecule has 0 unspecified atom stereocenters. The minimum Gasteiger partial charge on any atom is -0.497 e. The summed E-state index contributed by atoms with van der Waals surface area (Å²) in [6.07, 6.45) is 1.77. The van der Waals surface area contributed by atoms with Crippen molar-refractivity contribution in [3.63, 3.8) is 0 Å². The molecule has 6 nitrogen and oxygen atoms in total. The number of anilines is 1. The van der Waals surface area contributed by atoms with Gasteiger partial charge in [-0.05, 0) is 48.2 Å². The minimum atomic E-state index is -0.0498. The van der Waals surface area contributed by atoms with Gasteiger partial charge in [0.25, 0.3) is 5.91 Å². The van der Waals surface area contributed by atoms with Crippen molar-refractivity contribution in [3.8, 4) is 5.75 Å². The summed E-state index contributed by atoms with van der Waals surface area (Å²) in [4.78, 5) is 27.7. The second kappa shape index (κ2) is 7.37. The maximum atomic E-state index is 13.1. The van der Waals surface area contributed by atoms with Crippen LogP contribution in [0.1, 0.15) is 0 Å². The molecule has 0 radical (unpaired) electrons. The molecule has 0 N–H and O–H groups in total. The molecule has 0 aliphatic carbocycles. The number of thioether (sulfide) groups is 2. The van der Waals surface area contributed by atoms with E-state index in [0.717, 1.165) is 38.0 Å². The topological polar surface area (TPSA) is 58.0 Å². The molecule has 1 aromatic heterocycles. The molecule has 2 aliphatic heterocycles. The van der Waals surface area contributed by atoms with Crippen LogP contribution in [0.15, 0.2) is 74.5 Å². The molecule has 150 valence electrons. The lowest BCUT2D eigenvalue weighted by Crippen LogP contribution is -2.24. The Bertz CT molecular complexity index is 1250. The predicted molar refractivity (Wildman–Crippen MR) is 123 cm³/mol. The Hall–Kier alpha value is -2.97. The van der Waals surface area contributed by atoms with E-state index in [1.165, 1.54) is 11.8 Å². The number of amides is 1. The molecule has 3 heterocycles. The highest BCUT2D eigenvalue weighted by molar-refractivity contribution is 8.19. The molecular formula is C22H18N4O2S2. The molecule has 1 saturated heterocycles. The first-order valence-corrected chi connectivity index (χ1v) is 10.9. The largest absolute Gasteiger partial charge is 0.497 e. The number of aliphatic imine (C=N–C) groups is 1. The molecule has 2 aromatic carbocycles. The van der Waals surface area contributed by atoms with Gasteiger partial charge in [-0.3, -0.25) is 14.7 Å². The third-order valence-corrected chi connectivity index (χ3v) is 7.54. The number of nitrogens with zero attached hydrogens (tertiary/aromatic N) is 4. The van der Waals surface area contributed by atoms with Crippen LogP contribution in [0.5, 0.6) is 5.75 Å². The molecule has 5 rings (SSSR count). The van der Waals surface area contributed by atoms with E-state index in [1.807, 2.05) is 60.5 Å². The summed E-state index contributed by atoms with van der Waals surface area (Å²) in [6, 6.07) is 15.7. The fraction of sp³-hybridized carbons (Fsp3) is 0.136. The SMILES string of the molecule is COc1ccc2c(c1)N(C)C(=C1SC(=Nc3cccc4ncccc34)N(C)C1=O)S2. The van der Waals surface area contributed by atoms with Gasteiger partial charge >= 0.3 is 0 Å². The third kappa shape index (κ3) is 3.03. The van der Waals surface area contributed by atoms with E-state index in [0.29, 0.717) is 10.1 Å². The average molecular weight is 435 g/mol. The summed E-state index contributed by atoms with van der Waals surface area (Å²) in [5, 5.41) is 2.52. The zero-order valence-corrected chi connectivity index (χ0v) is 18.3. The smallest absolute Gasteiger partial charge is 0.269 e. The lowest BCUT2D eigenvalue weighted by molar-refractivity contribution is -0.121. The summed E-state index contributed by atoms with van der Waals surface area (Å²) < 4.78 is 5.35. The first-order valence-electron chi connectivity index (χ1n) is 9.29. The van der Waals surface area contributed by atoms with Crippen LogP contribution in [0.3, 0.4) is 0 Å². The van der Waals surface area contributed by atoms with Crippen LogP contribution < -0.4 is 9.64 Å². The van der Waals surface area contributed by atoms with Crippen molar-refractivity contribution in [1.82, 2.24) is 9.88 Å². The van der Waals surface area contributed by atoms with E-state index < -0.39 is 0 Å². The number of amidine groups is 1. The van der Waals surface area contributed by atoms with Crippen LogP contribution in [0.2, 0.25) is 0 Å². The summed E-state index contributed by atoms with van der Waals surface area (Å²) >= 11 is 3.00. The van der Waals surface area contributed by atoms with Gasteiger partial charge in [-0.2, -0.15) is 0 Å². The number of hydrogen-bond donors (Lipinski definition) is 0. The molecule has 0 saturated carbocycles. The Kier molecular flexibility index (Phi) is 4.67. The Labute approximate surface area is 182 Å². The number of carbonyl (C=O) groups excluding carboxylic acids is 1. The van der Waals surface area contributed by atoms with Gasteiger partial charge in [0.2, 0.25) is 0 Å². The molecule has 8 heteroatoms. The number of likely N-dealkylation sites (N-methyl/N-ethyl adjacent to an activating group) is 1. The fourth-order valence-corrected chi connectivity index (χ4v) is 5.72. The molecule has 2 aliphatic rings. The van der Waals surface area contributed by atoms with E-state index in [4.69, 9.17) is 9.73 Å². The van der Waals surface area contributed by atoms with Gasteiger partial charge in [-0.15, -0.1) is 0 Å². The fourth-order valence-electron chi connectivity index (χ4n) is 3.42. The van der Waals surface area contributed by atoms with Crippen molar-refractivity contribution >= 4 is 56.9 Å². The number of hydrogen-bond acceptors (Lipinski definition) is 7. The van der Waals surface area contributed by atoms with Gasteiger partial charge in [-0.1, -0.05) is 17.8 Å². The number of aromatic nitrogens is 1. The van der Waals surface area contributed by atoms with E-state index >= 15 is 0 Å². The first-order chi connectivity index (χ1) is 14.6. The average Bonchev–Trinajstić information content (AvgIpc) is 3.24. The number of pyridine rings is 1. The lowest BCUT2D eigenvalue weighted by Gasteiger charge is -2.15. The normalized spacial score (nSPS) is 19.8. The Morgan fingerprint density at radius 3 is 2.73 bits per heavy atom. The summed E-state index contributed by atoms with van der Waals surface area (Å²) in [7, 11) is 5.39. The zero-order valence-electron chi connectivity index (χ0n) is 16.6. The van der Waals surface area contributed by atoms with Gasteiger partial charge in [0.15, 0.2) is 5.17 Å². The van der Waals surface area contributed by atoms with Gasteiger partial charge in [0.1, 0.15) is 10.7 Å². The number of benzene rings is 2. The van der Waals surface area contributed by atoms with Crippen LogP contribution in [0.4, 0.5) is 11.4 Å². The summed E-state index contributed by atoms with van der Waals surface area (Å²) in [5.74, 6) is 0.744. The second-order valence-electron chi connectivity index (χ2n) is 6.84. The maximum Gasteiger partial charge on any atom is 0.269 e. The molecule has 0 atom stereocenters. The molecule has 30 heavy (non-hydrogen) atoms. The quantitative estimate of drug-likeness (QED) is 0.538.